The fraction of sp³-hybridized carbons (Fsp3) is 0.692. The Balaban J connectivity index is 0.000000471. The van der Waals surface area contributed by atoms with Crippen LogP contribution in [0.1, 0.15) is 20.3 Å². The molecule has 0 aromatic carbocycles. The third-order valence-corrected chi connectivity index (χ3v) is 4.25. The monoisotopic (exact) mass is 538 g/mol. The van der Waals surface area contributed by atoms with E-state index in [1.165, 1.54) is 0 Å². The Kier molecular flexibility index (Phi) is 11.2. The van der Waals surface area contributed by atoms with Crippen LogP contribution < -0.4 is 0 Å². The van der Waals surface area contributed by atoms with Crippen LogP contribution in [0, 0.1) is 10.1 Å². The summed E-state index contributed by atoms with van der Waals surface area (Å²) in [6, 6.07) is -1.97. The highest BCUT2D eigenvalue weighted by atomic mass is 79.9. The summed E-state index contributed by atoms with van der Waals surface area (Å²) in [5.74, 6) is -1.68. The summed E-state index contributed by atoms with van der Waals surface area (Å²) in [5.41, 5.74) is 17.4. The predicted molar refractivity (Wildman–Crippen MR) is 108 cm³/mol. The molecule has 1 N–H and O–H groups in total. The summed E-state index contributed by atoms with van der Waals surface area (Å²) in [6.07, 6.45) is -3.10. The van der Waals surface area contributed by atoms with Crippen molar-refractivity contribution < 1.29 is 28.7 Å². The highest BCUT2D eigenvalue weighted by molar-refractivity contribution is 9.10. The molecule has 2 rings (SSSR count). The number of nitrogens with one attached hydrogen (secondary N) is 1. The van der Waals surface area contributed by atoms with Gasteiger partial charge in [0.15, 0.2) is 6.10 Å². The second-order valence-corrected chi connectivity index (χ2v) is 6.78. The third-order valence-electron chi connectivity index (χ3n) is 3.77. The Bertz CT molecular complexity index is 919. The molecule has 2 unspecified atom stereocenters. The molecule has 0 amide bonds. The van der Waals surface area contributed by atoms with Gasteiger partial charge in [0.1, 0.15) is 18.3 Å². The van der Waals surface area contributed by atoms with Crippen molar-refractivity contribution >= 4 is 45.4 Å². The number of hydrogen-bond donors (Lipinski definition) is 1. The van der Waals surface area contributed by atoms with E-state index in [1.807, 2.05) is 0 Å². The Morgan fingerprint density at radius 3 is 2.12 bits per heavy atom. The first-order valence-corrected chi connectivity index (χ1v) is 9.80. The highest BCUT2D eigenvalue weighted by Crippen LogP contribution is 2.32. The van der Waals surface area contributed by atoms with E-state index >= 15 is 0 Å². The van der Waals surface area contributed by atoms with Crippen LogP contribution in [-0.4, -0.2) is 68.5 Å². The number of ether oxygens (including phenoxy) is 3. The lowest BCUT2D eigenvalue weighted by atomic mass is 9.84. The maximum Gasteiger partial charge on any atom is 0.454 e. The highest BCUT2D eigenvalue weighted by Gasteiger charge is 2.49. The maximum absolute atomic E-state index is 11.4. The molecule has 32 heavy (non-hydrogen) atoms. The van der Waals surface area contributed by atoms with E-state index < -0.39 is 47.3 Å². The second kappa shape index (κ2) is 13.3. The number of alkyl halides is 1. The van der Waals surface area contributed by atoms with Crippen LogP contribution in [0.3, 0.4) is 0 Å². The van der Waals surface area contributed by atoms with Crippen LogP contribution in [-0.2, 0) is 23.8 Å². The zero-order valence-corrected chi connectivity index (χ0v) is 18.8. The first kappa shape index (κ1) is 26.9. The summed E-state index contributed by atoms with van der Waals surface area (Å²) in [7, 11) is 0. The van der Waals surface area contributed by atoms with Crippen LogP contribution in [0.4, 0.5) is 5.95 Å². The number of carbonyl (C=O) groups is 2. The van der Waals surface area contributed by atoms with Crippen LogP contribution in [0.25, 0.3) is 20.9 Å². The number of H-pyrrole nitrogens is 1. The van der Waals surface area contributed by atoms with Gasteiger partial charge in [0.05, 0.1) is 12.1 Å². The van der Waals surface area contributed by atoms with Gasteiger partial charge in [-0.25, -0.2) is 0 Å². The van der Waals surface area contributed by atoms with Gasteiger partial charge in [0, 0.05) is 39.6 Å². The van der Waals surface area contributed by atoms with Gasteiger partial charge in [-0.2, -0.15) is 0 Å². The third kappa shape index (κ3) is 8.16. The minimum absolute atomic E-state index is 0.0470. The molecule has 1 aromatic heterocycles. The molecule has 0 saturated heterocycles. The van der Waals surface area contributed by atoms with Crippen molar-refractivity contribution in [3.63, 3.8) is 0 Å². The predicted octanol–water partition coefficient (Wildman–Crippen LogP) is 2.67. The molecular weight excluding hydrogens is 524 g/mol. The fourth-order valence-corrected chi connectivity index (χ4v) is 3.16. The number of azide groups is 2. The maximum atomic E-state index is 11.4. The number of aromatic nitrogens is 3. The normalized spacial score (nSPS) is 23.9. The summed E-state index contributed by atoms with van der Waals surface area (Å²) in [4.78, 5) is 40.6. The standard InChI is InChI=1S/C11H15ClN6O5.C2HBrN4O2/c1-5(19)22-10-8(16-18-14)3-7(15-17-13)9(21-4-12)11(10)23-6(2)20;3-1-4-2(6-5-1)7(8)9/h7-11H,3-4H2,1-2H3;(H,4,5,6)/t7?,8-,9-,10-,11?;/m1./s1. The van der Waals surface area contributed by atoms with E-state index in [1.54, 1.807) is 0 Å². The van der Waals surface area contributed by atoms with Gasteiger partial charge in [0.2, 0.25) is 0 Å². The zero-order valence-electron chi connectivity index (χ0n) is 16.4. The minimum atomic E-state index is -1.13. The van der Waals surface area contributed by atoms with E-state index in [-0.39, 0.29) is 23.2 Å². The zero-order chi connectivity index (χ0) is 24.3. The van der Waals surface area contributed by atoms with Gasteiger partial charge >= 0.3 is 22.6 Å². The Morgan fingerprint density at radius 2 is 1.75 bits per heavy atom. The van der Waals surface area contributed by atoms with E-state index in [0.29, 0.717) is 0 Å². The van der Waals surface area contributed by atoms with Crippen molar-refractivity contribution in [3.05, 3.63) is 35.7 Å². The molecule has 19 heteroatoms. The van der Waals surface area contributed by atoms with Gasteiger partial charge in [-0.05, 0) is 27.4 Å². The number of rotatable bonds is 7. The van der Waals surface area contributed by atoms with E-state index in [0.717, 1.165) is 13.8 Å². The van der Waals surface area contributed by atoms with E-state index in [2.05, 4.69) is 51.2 Å². The molecule has 1 saturated carbocycles. The minimum Gasteiger partial charge on any atom is -0.458 e. The molecule has 1 aromatic rings. The van der Waals surface area contributed by atoms with Crippen molar-refractivity contribution in [1.82, 2.24) is 15.2 Å². The van der Waals surface area contributed by atoms with Crippen LogP contribution >= 0.6 is 27.5 Å². The number of aromatic amines is 1. The summed E-state index contributed by atoms with van der Waals surface area (Å²) in [6.45, 7) is 2.32. The average Bonchev–Trinajstić information content (AvgIpc) is 3.14. The first-order valence-electron chi connectivity index (χ1n) is 8.47. The fourth-order valence-electron chi connectivity index (χ4n) is 2.76. The molecule has 17 nitrogen and oxygen atoms in total. The largest absolute Gasteiger partial charge is 0.458 e. The summed E-state index contributed by atoms with van der Waals surface area (Å²) in [5, 5.41) is 22.5. The van der Waals surface area contributed by atoms with E-state index in [4.69, 9.17) is 36.9 Å². The van der Waals surface area contributed by atoms with Gasteiger partial charge in [-0.1, -0.05) is 26.9 Å². The lowest BCUT2D eigenvalue weighted by Crippen LogP contribution is -2.58. The van der Waals surface area contributed by atoms with Crippen LogP contribution in [0.15, 0.2) is 15.0 Å². The molecule has 1 heterocycles. The molecule has 0 radical (unpaired) electrons. The molecule has 0 aliphatic heterocycles. The topological polar surface area (TPSA) is 244 Å². The van der Waals surface area contributed by atoms with Crippen LogP contribution in [0.5, 0.6) is 0 Å². The van der Waals surface area contributed by atoms with Crippen LogP contribution in [0.2, 0.25) is 0 Å². The smallest absolute Gasteiger partial charge is 0.454 e. The molecule has 0 bridgehead atoms. The van der Waals surface area contributed by atoms with Crippen molar-refractivity contribution in [3.8, 4) is 0 Å². The van der Waals surface area contributed by atoms with E-state index in [9.17, 15) is 19.7 Å². The lowest BCUT2D eigenvalue weighted by Gasteiger charge is -2.42. The quantitative estimate of drug-likeness (QED) is 0.102. The average molecular weight is 540 g/mol. The molecule has 1 fully saturated rings. The first-order chi connectivity index (χ1) is 15.1. The summed E-state index contributed by atoms with van der Waals surface area (Å²) >= 11 is 8.41. The molecule has 0 spiro atoms. The Labute approximate surface area is 192 Å². The number of nitrogens with zero attached hydrogens (tertiary/aromatic N) is 9. The lowest BCUT2D eigenvalue weighted by molar-refractivity contribution is -0.394. The molecule has 5 atom stereocenters. The molecule has 1 aliphatic carbocycles. The van der Waals surface area contributed by atoms with Crippen molar-refractivity contribution in [2.24, 2.45) is 10.2 Å². The van der Waals surface area contributed by atoms with Gasteiger partial charge in [-0.3, -0.25) is 9.59 Å². The van der Waals surface area contributed by atoms with Gasteiger partial charge in [-0.15, -0.1) is 5.10 Å². The number of halogens is 2. The SMILES string of the molecule is CC(=O)OC1[C@H](OCCl)C(N=[N+]=[N-])C[C@@H](N=[N+]=[N-])[C@H]1OC(C)=O.O=[N+]([O-])c1nc(Br)n[nH]1. The molecule has 1 aliphatic rings. The van der Waals surface area contributed by atoms with Crippen molar-refractivity contribution in [1.29, 1.82) is 0 Å². The van der Waals surface area contributed by atoms with Crippen molar-refractivity contribution in [2.75, 3.05) is 6.07 Å². The number of nitro groups is 1. The van der Waals surface area contributed by atoms with Gasteiger partial charge < -0.3 is 24.3 Å². The molecule has 174 valence electrons. The number of hydrogen-bond acceptors (Lipinski definition) is 11. The van der Waals surface area contributed by atoms with Gasteiger partial charge in [0.25, 0.3) is 0 Å². The van der Waals surface area contributed by atoms with Crippen molar-refractivity contribution in [2.45, 2.75) is 50.7 Å². The number of esters is 2. The Hall–Kier alpha value is -3.17. The number of carbonyl (C=O) groups excluding carboxylic acids is 2. The Morgan fingerprint density at radius 1 is 1.22 bits per heavy atom. The summed E-state index contributed by atoms with van der Waals surface area (Å²) < 4.78 is 15.8. The second-order valence-electron chi connectivity index (χ2n) is 5.85. The molecular formula is C13H16BrClN10O7.